The van der Waals surface area contributed by atoms with Crippen molar-refractivity contribution >= 4 is 23.9 Å². The van der Waals surface area contributed by atoms with E-state index in [2.05, 4.69) is 10.6 Å². The van der Waals surface area contributed by atoms with Gasteiger partial charge in [-0.3, -0.25) is 24.1 Å². The molecule has 0 saturated heterocycles. The molecule has 1 atom stereocenters. The number of hydrogen-bond acceptors (Lipinski definition) is 11. The zero-order chi connectivity index (χ0) is 30.4. The van der Waals surface area contributed by atoms with Crippen molar-refractivity contribution in [3.63, 3.8) is 0 Å². The molecule has 0 heterocycles. The molecule has 0 spiro atoms. The van der Waals surface area contributed by atoms with Gasteiger partial charge in [-0.1, -0.05) is 0 Å². The molecule has 0 aromatic rings. The Bertz CT molecular complexity index is 779. The summed E-state index contributed by atoms with van der Waals surface area (Å²) in [6.45, 7) is 21.4. The highest BCUT2D eigenvalue weighted by Gasteiger charge is 2.26. The second kappa shape index (κ2) is 16.8. The number of hydrogen-bond donors (Lipinski definition) is 2. The van der Waals surface area contributed by atoms with Gasteiger partial charge in [0.2, 0.25) is 0 Å². The lowest BCUT2D eigenvalue weighted by atomic mass is 10.1. The summed E-state index contributed by atoms with van der Waals surface area (Å²) in [6, 6.07) is -0.724. The van der Waals surface area contributed by atoms with Gasteiger partial charge in [-0.2, -0.15) is 0 Å². The fourth-order valence-electron chi connectivity index (χ4n) is 3.29. The highest BCUT2D eigenvalue weighted by molar-refractivity contribution is 5.77. The number of nitrogens with zero attached hydrogens (tertiary/aromatic N) is 1. The summed E-state index contributed by atoms with van der Waals surface area (Å²) in [4.78, 5) is 51.2. The van der Waals surface area contributed by atoms with E-state index < -0.39 is 28.8 Å². The third-order valence-corrected chi connectivity index (χ3v) is 4.58. The first-order chi connectivity index (χ1) is 17.7. The minimum atomic E-state index is -0.724. The van der Waals surface area contributed by atoms with Gasteiger partial charge < -0.3 is 29.6 Å². The maximum absolute atomic E-state index is 12.8. The van der Waals surface area contributed by atoms with Crippen molar-refractivity contribution in [2.75, 3.05) is 39.3 Å². The predicted octanol–water partition coefficient (Wildman–Crippen LogP) is 2.59. The first kappa shape index (κ1) is 36.8. The molecule has 228 valence electrons. The number of nitrogens with one attached hydrogen (secondary N) is 2. The summed E-state index contributed by atoms with van der Waals surface area (Å²) in [5, 5.41) is 6.20. The molecule has 0 amide bonds. The van der Waals surface area contributed by atoms with E-state index in [0.29, 0.717) is 26.2 Å². The molecule has 1 unspecified atom stereocenters. The van der Waals surface area contributed by atoms with Gasteiger partial charge in [0.25, 0.3) is 0 Å². The largest absolute Gasteiger partial charge is 0.463 e. The smallest absolute Gasteiger partial charge is 0.323 e. The molecular weight excluding hydrogens is 506 g/mol. The Morgan fingerprint density at radius 1 is 0.718 bits per heavy atom. The van der Waals surface area contributed by atoms with E-state index in [0.717, 1.165) is 0 Å². The van der Waals surface area contributed by atoms with Crippen molar-refractivity contribution in [2.45, 2.75) is 118 Å². The molecule has 0 rings (SSSR count). The van der Waals surface area contributed by atoms with Crippen molar-refractivity contribution in [1.82, 2.24) is 15.5 Å². The fourth-order valence-corrected chi connectivity index (χ4v) is 3.29. The quantitative estimate of drug-likeness (QED) is 0.164. The van der Waals surface area contributed by atoms with Gasteiger partial charge in [-0.15, -0.1) is 0 Å². The van der Waals surface area contributed by atoms with Gasteiger partial charge in [0.1, 0.15) is 22.8 Å². The van der Waals surface area contributed by atoms with Crippen LogP contribution in [0, 0.1) is 0 Å². The van der Waals surface area contributed by atoms with E-state index in [1.54, 1.807) is 76.2 Å². The zero-order valence-electron chi connectivity index (χ0n) is 26.0. The third-order valence-electron chi connectivity index (χ3n) is 4.58. The second-order valence-corrected chi connectivity index (χ2v) is 12.7. The molecular formula is C28H53N3O8. The number of carbonyl (C=O) groups is 4. The Morgan fingerprint density at radius 3 is 1.74 bits per heavy atom. The van der Waals surface area contributed by atoms with Crippen LogP contribution >= 0.6 is 0 Å². The SMILES string of the molecule is CC(C)OC(=O)CCC(NCCN(CCNCC(=O)OC(C)(C)C)CC(=O)OC(C)(C)C)C(=O)OC(C)(C)C. The summed E-state index contributed by atoms with van der Waals surface area (Å²) in [5.41, 5.74) is -1.87. The lowest BCUT2D eigenvalue weighted by Gasteiger charge is -2.27. The van der Waals surface area contributed by atoms with Crippen LogP contribution in [0.4, 0.5) is 0 Å². The Balaban J connectivity index is 5.16. The number of carbonyl (C=O) groups excluding carboxylic acids is 4. The Labute approximate surface area is 235 Å². The van der Waals surface area contributed by atoms with Crippen molar-refractivity contribution in [3.05, 3.63) is 0 Å². The van der Waals surface area contributed by atoms with Crippen LogP contribution in [0.2, 0.25) is 0 Å². The molecule has 39 heavy (non-hydrogen) atoms. The molecule has 0 fully saturated rings. The van der Waals surface area contributed by atoms with Gasteiger partial charge in [-0.25, -0.2) is 0 Å². The lowest BCUT2D eigenvalue weighted by molar-refractivity contribution is -0.159. The number of esters is 4. The molecule has 0 aromatic heterocycles. The summed E-state index contributed by atoms with van der Waals surface area (Å²) in [5.74, 6) is -1.59. The van der Waals surface area contributed by atoms with Gasteiger partial charge in [0, 0.05) is 32.6 Å². The Kier molecular flexibility index (Phi) is 15.8. The molecule has 0 saturated carbocycles. The molecule has 0 aromatic carbocycles. The van der Waals surface area contributed by atoms with Crippen molar-refractivity contribution in [2.24, 2.45) is 0 Å². The van der Waals surface area contributed by atoms with Crippen LogP contribution in [-0.2, 0) is 38.1 Å². The van der Waals surface area contributed by atoms with Gasteiger partial charge in [0.15, 0.2) is 0 Å². The van der Waals surface area contributed by atoms with Crippen LogP contribution < -0.4 is 10.6 Å². The molecule has 0 aliphatic heterocycles. The Morgan fingerprint density at radius 2 is 1.23 bits per heavy atom. The van der Waals surface area contributed by atoms with E-state index in [1.165, 1.54) is 0 Å². The lowest BCUT2D eigenvalue weighted by Crippen LogP contribution is -2.46. The molecule has 0 aliphatic carbocycles. The van der Waals surface area contributed by atoms with Gasteiger partial charge >= 0.3 is 23.9 Å². The predicted molar refractivity (Wildman–Crippen MR) is 149 cm³/mol. The zero-order valence-corrected chi connectivity index (χ0v) is 26.0. The van der Waals surface area contributed by atoms with Gasteiger partial charge in [-0.05, 0) is 82.6 Å². The highest BCUT2D eigenvalue weighted by atomic mass is 16.6. The average Bonchev–Trinajstić information content (AvgIpc) is 2.68. The average molecular weight is 560 g/mol. The molecule has 11 nitrogen and oxygen atoms in total. The molecule has 0 radical (unpaired) electrons. The van der Waals surface area contributed by atoms with E-state index in [9.17, 15) is 19.2 Å². The van der Waals surface area contributed by atoms with Crippen LogP contribution in [0.5, 0.6) is 0 Å². The minimum Gasteiger partial charge on any atom is -0.463 e. The molecule has 0 aliphatic rings. The van der Waals surface area contributed by atoms with E-state index in [-0.39, 0.29) is 49.9 Å². The number of ether oxygens (including phenoxy) is 4. The van der Waals surface area contributed by atoms with E-state index >= 15 is 0 Å². The first-order valence-electron chi connectivity index (χ1n) is 13.7. The van der Waals surface area contributed by atoms with E-state index in [4.69, 9.17) is 18.9 Å². The van der Waals surface area contributed by atoms with Crippen LogP contribution in [0.15, 0.2) is 0 Å². The fraction of sp³-hybridized carbons (Fsp3) is 0.857. The van der Waals surface area contributed by atoms with Gasteiger partial charge in [0.05, 0.1) is 19.2 Å². The van der Waals surface area contributed by atoms with Crippen LogP contribution in [0.3, 0.4) is 0 Å². The summed E-state index contributed by atoms with van der Waals surface area (Å²) in [7, 11) is 0. The minimum absolute atomic E-state index is 0.0326. The molecule has 0 bridgehead atoms. The monoisotopic (exact) mass is 559 g/mol. The normalized spacial score (nSPS) is 13.3. The summed E-state index contributed by atoms with van der Waals surface area (Å²) >= 11 is 0. The summed E-state index contributed by atoms with van der Waals surface area (Å²) in [6.07, 6.45) is 0.0331. The first-order valence-corrected chi connectivity index (χ1v) is 13.7. The van der Waals surface area contributed by atoms with E-state index in [1.807, 2.05) is 4.90 Å². The maximum atomic E-state index is 12.8. The van der Waals surface area contributed by atoms with Crippen LogP contribution in [0.25, 0.3) is 0 Å². The second-order valence-electron chi connectivity index (χ2n) is 12.7. The van der Waals surface area contributed by atoms with Crippen molar-refractivity contribution < 1.29 is 38.1 Å². The maximum Gasteiger partial charge on any atom is 0.323 e. The summed E-state index contributed by atoms with van der Waals surface area (Å²) < 4.78 is 21.5. The third kappa shape index (κ3) is 22.3. The van der Waals surface area contributed by atoms with Crippen molar-refractivity contribution in [1.29, 1.82) is 0 Å². The van der Waals surface area contributed by atoms with Crippen LogP contribution in [0.1, 0.15) is 89.0 Å². The standard InChI is InChI=1S/C28H53N3O8/c1-20(2)36-22(32)13-12-21(25(35)39-28(9,10)11)30-15-17-31(19-24(34)38-27(6,7)8)16-14-29-18-23(33)37-26(3,4)5/h20-21,29-30H,12-19H2,1-11H3. The molecule has 2 N–H and O–H groups in total. The van der Waals surface area contributed by atoms with Crippen molar-refractivity contribution in [3.8, 4) is 0 Å². The molecule has 11 heteroatoms. The topological polar surface area (TPSA) is 132 Å². The highest BCUT2D eigenvalue weighted by Crippen LogP contribution is 2.12. The van der Waals surface area contributed by atoms with Crippen LogP contribution in [-0.4, -0.2) is 97.0 Å². The number of rotatable bonds is 16. The Hall–Kier alpha value is -2.24.